The molecule has 1 aromatic heterocycles. The molecular weight excluding hydrogens is 370 g/mol. The number of benzene rings is 2. The molecule has 0 N–H and O–H groups in total. The quantitative estimate of drug-likeness (QED) is 0.610. The third kappa shape index (κ3) is 4.23. The first-order valence-electron chi connectivity index (χ1n) is 9.63. The number of likely N-dealkylation sites (tertiary alicyclic amines) is 1. The van der Waals surface area contributed by atoms with Gasteiger partial charge in [0.25, 0.3) is 0 Å². The van der Waals surface area contributed by atoms with Crippen molar-refractivity contribution in [2.75, 3.05) is 20.3 Å². The lowest BCUT2D eigenvalue weighted by Gasteiger charge is -2.16. The number of carbonyl (C=O) groups is 1. The van der Waals surface area contributed by atoms with Crippen LogP contribution in [0.3, 0.4) is 0 Å². The van der Waals surface area contributed by atoms with Crippen molar-refractivity contribution >= 4 is 5.91 Å². The highest BCUT2D eigenvalue weighted by atomic mass is 16.5. The van der Waals surface area contributed by atoms with Gasteiger partial charge in [0.1, 0.15) is 11.5 Å². The van der Waals surface area contributed by atoms with E-state index in [4.69, 9.17) is 14.0 Å². The van der Waals surface area contributed by atoms with Gasteiger partial charge in [-0.3, -0.25) is 4.79 Å². The van der Waals surface area contributed by atoms with Crippen molar-refractivity contribution in [1.82, 2.24) is 15.0 Å². The summed E-state index contributed by atoms with van der Waals surface area (Å²) in [6, 6.07) is 15.3. The van der Waals surface area contributed by atoms with E-state index in [1.165, 1.54) is 0 Å². The van der Waals surface area contributed by atoms with Gasteiger partial charge < -0.3 is 18.9 Å². The number of aromatic nitrogens is 2. The number of carbonyl (C=O) groups excluding carboxylic acids is 1. The zero-order valence-electron chi connectivity index (χ0n) is 16.5. The highest BCUT2D eigenvalue weighted by Gasteiger charge is 2.34. The van der Waals surface area contributed by atoms with E-state index >= 15 is 0 Å². The summed E-state index contributed by atoms with van der Waals surface area (Å²) in [5.74, 6) is 2.57. The molecule has 0 saturated carbocycles. The molecule has 1 saturated heterocycles. The monoisotopic (exact) mass is 393 g/mol. The van der Waals surface area contributed by atoms with Crippen LogP contribution in [0.1, 0.15) is 30.7 Å². The summed E-state index contributed by atoms with van der Waals surface area (Å²) in [6.07, 6.45) is 0.370. The van der Waals surface area contributed by atoms with Crippen LogP contribution in [0.15, 0.2) is 53.1 Å². The first-order valence-corrected chi connectivity index (χ1v) is 9.63. The number of nitrogens with zero attached hydrogens (tertiary/aromatic N) is 3. The van der Waals surface area contributed by atoms with Gasteiger partial charge in [-0.2, -0.15) is 4.98 Å². The van der Waals surface area contributed by atoms with Gasteiger partial charge in [0, 0.05) is 25.1 Å². The Balaban J connectivity index is 1.44. The topological polar surface area (TPSA) is 77.7 Å². The Morgan fingerprint density at radius 2 is 2.00 bits per heavy atom. The molecule has 1 unspecified atom stereocenters. The molecule has 7 nitrogen and oxygen atoms in total. The standard InChI is InChI=1S/C22H23N3O4/c1-3-28-18-9-7-16(8-10-18)21-23-22(29-24-21)17-12-20(26)25(14-17)13-15-5-4-6-19(11-15)27-2/h4-11,17H,3,12-14H2,1-2H3. The van der Waals surface area contributed by atoms with E-state index in [0.717, 1.165) is 22.6 Å². The predicted octanol–water partition coefficient (Wildman–Crippen LogP) is 3.66. The van der Waals surface area contributed by atoms with E-state index in [1.807, 2.05) is 60.4 Å². The predicted molar refractivity (Wildman–Crippen MR) is 107 cm³/mol. The summed E-state index contributed by atoms with van der Waals surface area (Å²) in [4.78, 5) is 18.8. The highest BCUT2D eigenvalue weighted by molar-refractivity contribution is 5.79. The van der Waals surface area contributed by atoms with Crippen molar-refractivity contribution in [2.24, 2.45) is 0 Å². The van der Waals surface area contributed by atoms with Gasteiger partial charge in [-0.1, -0.05) is 17.3 Å². The second kappa shape index (κ2) is 8.34. The van der Waals surface area contributed by atoms with Crippen LogP contribution in [0.5, 0.6) is 11.5 Å². The van der Waals surface area contributed by atoms with Crippen molar-refractivity contribution in [3.05, 3.63) is 60.0 Å². The SMILES string of the molecule is CCOc1ccc(-c2noc(C3CC(=O)N(Cc4cccc(OC)c4)C3)n2)cc1. The molecule has 150 valence electrons. The Kier molecular flexibility index (Phi) is 5.46. The van der Waals surface area contributed by atoms with Gasteiger partial charge in [-0.25, -0.2) is 0 Å². The van der Waals surface area contributed by atoms with Crippen molar-refractivity contribution in [3.8, 4) is 22.9 Å². The molecule has 1 atom stereocenters. The molecule has 2 aromatic carbocycles. The summed E-state index contributed by atoms with van der Waals surface area (Å²) >= 11 is 0. The van der Waals surface area contributed by atoms with Crippen molar-refractivity contribution in [1.29, 1.82) is 0 Å². The lowest BCUT2D eigenvalue weighted by molar-refractivity contribution is -0.128. The molecule has 0 bridgehead atoms. The van der Waals surface area contributed by atoms with Crippen molar-refractivity contribution < 1.29 is 18.8 Å². The van der Waals surface area contributed by atoms with Crippen LogP contribution in [-0.4, -0.2) is 41.2 Å². The Bertz CT molecular complexity index is 984. The van der Waals surface area contributed by atoms with Crippen LogP contribution >= 0.6 is 0 Å². The molecule has 1 amide bonds. The van der Waals surface area contributed by atoms with Crippen LogP contribution < -0.4 is 9.47 Å². The smallest absolute Gasteiger partial charge is 0.232 e. The minimum Gasteiger partial charge on any atom is -0.497 e. The molecule has 29 heavy (non-hydrogen) atoms. The molecule has 4 rings (SSSR count). The number of rotatable bonds is 7. The van der Waals surface area contributed by atoms with E-state index in [-0.39, 0.29) is 11.8 Å². The number of amides is 1. The van der Waals surface area contributed by atoms with Crippen molar-refractivity contribution in [2.45, 2.75) is 25.8 Å². The van der Waals surface area contributed by atoms with Crippen LogP contribution in [-0.2, 0) is 11.3 Å². The molecule has 1 aliphatic rings. The minimum absolute atomic E-state index is 0.0821. The Labute approximate surface area is 169 Å². The van der Waals surface area contributed by atoms with Gasteiger partial charge in [-0.05, 0) is 48.9 Å². The fraction of sp³-hybridized carbons (Fsp3) is 0.318. The van der Waals surface area contributed by atoms with Crippen LogP contribution in [0.4, 0.5) is 0 Å². The van der Waals surface area contributed by atoms with E-state index in [0.29, 0.717) is 37.8 Å². The van der Waals surface area contributed by atoms with E-state index in [2.05, 4.69) is 10.1 Å². The lowest BCUT2D eigenvalue weighted by atomic mass is 10.1. The average Bonchev–Trinajstić information content (AvgIpc) is 3.36. The van der Waals surface area contributed by atoms with Gasteiger partial charge >= 0.3 is 0 Å². The van der Waals surface area contributed by atoms with E-state index in [1.54, 1.807) is 7.11 Å². The molecule has 2 heterocycles. The third-order valence-electron chi connectivity index (χ3n) is 4.94. The molecular formula is C22H23N3O4. The molecule has 0 spiro atoms. The maximum atomic E-state index is 12.5. The molecule has 0 aliphatic carbocycles. The second-order valence-corrected chi connectivity index (χ2v) is 6.94. The first kappa shape index (κ1) is 19.0. The molecule has 3 aromatic rings. The molecule has 1 aliphatic heterocycles. The lowest BCUT2D eigenvalue weighted by Crippen LogP contribution is -2.24. The summed E-state index contributed by atoms with van der Waals surface area (Å²) < 4.78 is 16.2. The molecule has 0 radical (unpaired) electrons. The fourth-order valence-electron chi connectivity index (χ4n) is 3.47. The average molecular weight is 393 g/mol. The first-order chi connectivity index (χ1) is 14.2. The molecule has 7 heteroatoms. The second-order valence-electron chi connectivity index (χ2n) is 6.94. The van der Waals surface area contributed by atoms with Crippen LogP contribution in [0.2, 0.25) is 0 Å². The van der Waals surface area contributed by atoms with Crippen LogP contribution in [0, 0.1) is 0 Å². The maximum Gasteiger partial charge on any atom is 0.232 e. The number of hydrogen-bond acceptors (Lipinski definition) is 6. The van der Waals surface area contributed by atoms with Gasteiger partial charge in [0.05, 0.1) is 19.6 Å². The summed E-state index contributed by atoms with van der Waals surface area (Å²) in [5.41, 5.74) is 1.87. The van der Waals surface area contributed by atoms with E-state index in [9.17, 15) is 4.79 Å². The van der Waals surface area contributed by atoms with Crippen molar-refractivity contribution in [3.63, 3.8) is 0 Å². The van der Waals surface area contributed by atoms with Gasteiger partial charge in [0.2, 0.25) is 17.6 Å². The zero-order valence-corrected chi connectivity index (χ0v) is 16.5. The van der Waals surface area contributed by atoms with Crippen LogP contribution in [0.25, 0.3) is 11.4 Å². The minimum atomic E-state index is -0.0999. The van der Waals surface area contributed by atoms with Gasteiger partial charge in [0.15, 0.2) is 0 Å². The maximum absolute atomic E-state index is 12.5. The summed E-state index contributed by atoms with van der Waals surface area (Å²) in [5, 5.41) is 4.09. The largest absolute Gasteiger partial charge is 0.497 e. The third-order valence-corrected chi connectivity index (χ3v) is 4.94. The Hall–Kier alpha value is -3.35. The van der Waals surface area contributed by atoms with E-state index < -0.39 is 0 Å². The molecule has 1 fully saturated rings. The number of hydrogen-bond donors (Lipinski definition) is 0. The normalized spacial score (nSPS) is 16.3. The van der Waals surface area contributed by atoms with Gasteiger partial charge in [-0.15, -0.1) is 0 Å². The highest BCUT2D eigenvalue weighted by Crippen LogP contribution is 2.30. The number of methoxy groups -OCH3 is 1. The number of ether oxygens (including phenoxy) is 2. The Morgan fingerprint density at radius 3 is 2.76 bits per heavy atom. The summed E-state index contributed by atoms with van der Waals surface area (Å²) in [7, 11) is 1.63. The zero-order chi connectivity index (χ0) is 20.2. The summed E-state index contributed by atoms with van der Waals surface area (Å²) in [6.45, 7) is 3.65. The Morgan fingerprint density at radius 1 is 1.17 bits per heavy atom. The fourth-order valence-corrected chi connectivity index (χ4v) is 3.47.